The Balaban J connectivity index is 1.57. The number of aromatic amines is 1. The Hall–Kier alpha value is -4.27. The molecule has 0 fully saturated rings. The highest BCUT2D eigenvalue weighted by atomic mass is 31.1. The summed E-state index contributed by atoms with van der Waals surface area (Å²) in [5, 5.41) is 14.7. The molecule has 43 heavy (non-hydrogen) atoms. The van der Waals surface area contributed by atoms with Gasteiger partial charge in [0.1, 0.15) is 11.4 Å². The Kier molecular flexibility index (Phi) is 6.71. The van der Waals surface area contributed by atoms with Gasteiger partial charge in [-0.05, 0) is 47.2 Å². The van der Waals surface area contributed by atoms with E-state index < -0.39 is 7.53 Å². The molecule has 0 spiro atoms. The highest BCUT2D eigenvalue weighted by Crippen LogP contribution is 2.60. The third kappa shape index (κ3) is 4.75. The van der Waals surface area contributed by atoms with Gasteiger partial charge in [-0.1, -0.05) is 120 Å². The normalized spacial score (nSPS) is 12.7. The van der Waals surface area contributed by atoms with Crippen LogP contribution in [0.15, 0.2) is 91.0 Å². The molecule has 4 aromatic carbocycles. The first-order chi connectivity index (χ1) is 20.7. The van der Waals surface area contributed by atoms with E-state index in [0.717, 1.165) is 56.9 Å². The molecule has 0 amide bonds. The predicted octanol–water partition coefficient (Wildman–Crippen LogP) is 10.9. The van der Waals surface area contributed by atoms with Crippen LogP contribution in [0.25, 0.3) is 65.8 Å². The molecule has 1 unspecified atom stereocenters. The van der Waals surface area contributed by atoms with Gasteiger partial charge in [0.05, 0.1) is 5.52 Å². The van der Waals surface area contributed by atoms with Crippen molar-refractivity contribution in [1.82, 2.24) is 20.2 Å². The highest BCUT2D eigenvalue weighted by Gasteiger charge is 2.26. The van der Waals surface area contributed by atoms with E-state index in [-0.39, 0.29) is 5.16 Å². The minimum absolute atomic E-state index is 0.0800. The van der Waals surface area contributed by atoms with Gasteiger partial charge in [0, 0.05) is 37.6 Å². The lowest BCUT2D eigenvalue weighted by molar-refractivity contribution is 0.647. The van der Waals surface area contributed by atoms with Crippen LogP contribution >= 0.6 is 7.53 Å². The Morgan fingerprint density at radius 2 is 1.51 bits per heavy atom. The number of rotatable bonds is 5. The molecule has 0 saturated carbocycles. The van der Waals surface area contributed by atoms with Crippen molar-refractivity contribution in [2.75, 3.05) is 0 Å². The first-order valence-corrected chi connectivity index (χ1v) is 16.5. The van der Waals surface area contributed by atoms with Gasteiger partial charge in [-0.25, -0.2) is 9.97 Å². The van der Waals surface area contributed by atoms with Gasteiger partial charge in [-0.15, -0.1) is 7.53 Å². The third-order valence-corrected chi connectivity index (χ3v) is 11.4. The quantitative estimate of drug-likeness (QED) is 0.220. The summed E-state index contributed by atoms with van der Waals surface area (Å²) in [7, 11) is -0.627. The van der Waals surface area contributed by atoms with Gasteiger partial charge in [-0.3, -0.25) is 5.10 Å². The molecule has 1 atom stereocenters. The molecule has 5 heteroatoms. The zero-order valence-corrected chi connectivity index (χ0v) is 26.6. The van der Waals surface area contributed by atoms with Gasteiger partial charge in [0.2, 0.25) is 0 Å². The summed E-state index contributed by atoms with van der Waals surface area (Å²) >= 11 is 0. The minimum atomic E-state index is -0.627. The maximum absolute atomic E-state index is 5.41. The summed E-state index contributed by atoms with van der Waals surface area (Å²) < 4.78 is 0. The van der Waals surface area contributed by atoms with Crippen LogP contribution in [0, 0.1) is 12.8 Å². The lowest BCUT2D eigenvalue weighted by Gasteiger charge is -2.22. The topological polar surface area (TPSA) is 54.5 Å². The molecular formula is C38H37N4P. The summed E-state index contributed by atoms with van der Waals surface area (Å²) in [6.07, 6.45) is 1.01. The monoisotopic (exact) mass is 580 g/mol. The van der Waals surface area contributed by atoms with Gasteiger partial charge < -0.3 is 0 Å². The maximum Gasteiger partial charge on any atom is 0.161 e. The second-order valence-corrected chi connectivity index (χ2v) is 16.0. The van der Waals surface area contributed by atoms with Crippen LogP contribution in [0.2, 0.25) is 0 Å². The number of aromatic nitrogens is 4. The summed E-state index contributed by atoms with van der Waals surface area (Å²) in [4.78, 5) is 10.7. The molecule has 3 aromatic heterocycles. The van der Waals surface area contributed by atoms with Crippen molar-refractivity contribution in [3.8, 4) is 33.9 Å². The van der Waals surface area contributed by atoms with Crippen LogP contribution in [0.3, 0.4) is 0 Å². The fourth-order valence-electron chi connectivity index (χ4n) is 6.53. The van der Waals surface area contributed by atoms with Crippen molar-refractivity contribution in [2.24, 2.45) is 5.92 Å². The minimum Gasteiger partial charge on any atom is -0.282 e. The zero-order chi connectivity index (χ0) is 29.9. The SMILES string of the molecule is Cc1[nH]nc(-c2nc(-c3cccc4c5ccccc5p(C(C)(C)C)c34)nc3cc(CC(C)C)ccc23)c1-c1ccccc1. The summed E-state index contributed by atoms with van der Waals surface area (Å²) in [6.45, 7) is 13.7. The molecule has 0 saturated heterocycles. The van der Waals surface area contributed by atoms with E-state index in [2.05, 4.69) is 138 Å². The number of aryl methyl sites for hydroxylation is 1. The third-order valence-electron chi connectivity index (χ3n) is 8.25. The number of fused-ring (bicyclic) bond motifs is 4. The molecule has 0 bridgehead atoms. The Morgan fingerprint density at radius 1 is 0.767 bits per heavy atom. The summed E-state index contributed by atoms with van der Waals surface area (Å²) in [6, 6.07) is 32.8. The number of H-pyrrole nitrogens is 1. The zero-order valence-electron chi connectivity index (χ0n) is 25.7. The van der Waals surface area contributed by atoms with E-state index in [9.17, 15) is 0 Å². The predicted molar refractivity (Wildman–Crippen MR) is 184 cm³/mol. The van der Waals surface area contributed by atoms with Crippen molar-refractivity contribution < 1.29 is 0 Å². The van der Waals surface area contributed by atoms with Crippen LogP contribution < -0.4 is 0 Å². The fourth-order valence-corrected chi connectivity index (χ4v) is 9.69. The van der Waals surface area contributed by atoms with E-state index in [1.807, 2.05) is 0 Å². The lowest BCUT2D eigenvalue weighted by atomic mass is 9.97. The van der Waals surface area contributed by atoms with Crippen LogP contribution in [-0.4, -0.2) is 20.2 Å². The maximum atomic E-state index is 5.41. The van der Waals surface area contributed by atoms with Crippen molar-refractivity contribution in [1.29, 1.82) is 0 Å². The molecule has 0 radical (unpaired) electrons. The molecule has 7 rings (SSSR count). The van der Waals surface area contributed by atoms with Crippen molar-refractivity contribution in [3.05, 3.63) is 102 Å². The molecular weight excluding hydrogens is 543 g/mol. The van der Waals surface area contributed by atoms with Crippen LogP contribution in [0.5, 0.6) is 0 Å². The number of benzene rings is 4. The molecule has 1 N–H and O–H groups in total. The van der Waals surface area contributed by atoms with E-state index in [1.54, 1.807) is 0 Å². The van der Waals surface area contributed by atoms with E-state index in [1.165, 1.54) is 26.6 Å². The molecule has 0 aliphatic heterocycles. The summed E-state index contributed by atoms with van der Waals surface area (Å²) in [5.74, 6) is 1.33. The Morgan fingerprint density at radius 3 is 2.28 bits per heavy atom. The molecule has 3 heterocycles. The van der Waals surface area contributed by atoms with E-state index in [0.29, 0.717) is 5.92 Å². The number of nitrogens with zero attached hydrogens (tertiary/aromatic N) is 3. The Labute approximate surface area is 254 Å². The van der Waals surface area contributed by atoms with Crippen LogP contribution in [0.1, 0.15) is 45.9 Å². The number of hydrogen-bond donors (Lipinski definition) is 1. The van der Waals surface area contributed by atoms with Gasteiger partial charge >= 0.3 is 0 Å². The van der Waals surface area contributed by atoms with Gasteiger partial charge in [-0.2, -0.15) is 5.10 Å². The number of nitrogens with one attached hydrogen (secondary N) is 1. The first-order valence-electron chi connectivity index (χ1n) is 15.1. The largest absolute Gasteiger partial charge is 0.282 e. The lowest BCUT2D eigenvalue weighted by Crippen LogP contribution is -2.01. The van der Waals surface area contributed by atoms with Crippen molar-refractivity contribution in [2.45, 2.75) is 53.1 Å². The van der Waals surface area contributed by atoms with E-state index in [4.69, 9.17) is 15.1 Å². The second kappa shape index (κ2) is 10.5. The first kappa shape index (κ1) is 27.6. The summed E-state index contributed by atoms with van der Waals surface area (Å²) in [5.41, 5.74) is 8.35. The molecule has 7 aromatic rings. The van der Waals surface area contributed by atoms with E-state index >= 15 is 0 Å². The second-order valence-electron chi connectivity index (χ2n) is 13.0. The molecule has 214 valence electrons. The average Bonchev–Trinajstić information content (AvgIpc) is 3.54. The molecule has 0 aliphatic carbocycles. The smallest absolute Gasteiger partial charge is 0.161 e. The number of hydrogen-bond acceptors (Lipinski definition) is 3. The van der Waals surface area contributed by atoms with Crippen molar-refractivity contribution >= 4 is 39.4 Å². The van der Waals surface area contributed by atoms with Crippen LogP contribution in [-0.2, 0) is 11.6 Å². The average molecular weight is 581 g/mol. The van der Waals surface area contributed by atoms with Crippen molar-refractivity contribution in [3.63, 3.8) is 0 Å². The van der Waals surface area contributed by atoms with Gasteiger partial charge in [0.15, 0.2) is 5.82 Å². The highest BCUT2D eigenvalue weighted by molar-refractivity contribution is 7.62. The van der Waals surface area contributed by atoms with Gasteiger partial charge in [0.25, 0.3) is 0 Å². The molecule has 4 nitrogen and oxygen atoms in total. The fraction of sp³-hybridized carbons (Fsp3) is 0.237. The Bertz CT molecular complexity index is 2130. The van der Waals surface area contributed by atoms with Crippen LogP contribution in [0.4, 0.5) is 0 Å². The standard InChI is InChI=1S/C38H37N4P/c1-23(2)21-25-19-20-29-31(22-25)39-37(40-34(29)35-33(24(3)41-42-35)26-13-8-7-9-14-26)30-17-12-16-28-27-15-10-11-18-32(27)43(36(28)30)38(4,5)6/h7-20,22-23H,21H2,1-6H3,(H,41,42). The molecule has 0 aliphatic rings.